The maximum absolute atomic E-state index is 14.4. The predicted octanol–water partition coefficient (Wildman–Crippen LogP) is 4.69. The molecule has 0 unspecified atom stereocenters. The molecular formula is C30H33N3O4S. The van der Waals surface area contributed by atoms with Gasteiger partial charge in [0.15, 0.2) is 11.5 Å². The minimum absolute atomic E-state index is 0.0180. The Kier molecular flexibility index (Phi) is 7.51. The molecule has 0 spiro atoms. The number of anilines is 1. The van der Waals surface area contributed by atoms with Gasteiger partial charge >= 0.3 is 0 Å². The van der Waals surface area contributed by atoms with Crippen molar-refractivity contribution in [2.75, 3.05) is 58.6 Å². The lowest BCUT2D eigenvalue weighted by molar-refractivity contribution is -0.134. The summed E-state index contributed by atoms with van der Waals surface area (Å²) in [6.07, 6.45) is 2.03. The molecule has 0 bridgehead atoms. The maximum atomic E-state index is 14.4. The molecule has 1 fully saturated rings. The summed E-state index contributed by atoms with van der Waals surface area (Å²) < 4.78 is 11.1. The van der Waals surface area contributed by atoms with Crippen molar-refractivity contribution >= 4 is 29.3 Å². The first-order chi connectivity index (χ1) is 18.5. The SMILES string of the molecule is COc1cc2c(cc1OC)[C@H](C(=O)N1CCN(c3ccccc3)CC1)[C@H](c1ccc(SC)cc1)N(C)C2=O. The van der Waals surface area contributed by atoms with E-state index in [1.165, 1.54) is 0 Å². The van der Waals surface area contributed by atoms with Gasteiger partial charge in [-0.3, -0.25) is 9.59 Å². The quantitative estimate of drug-likeness (QED) is 0.431. The fraction of sp³-hybridized carbons (Fsp3) is 0.333. The number of methoxy groups -OCH3 is 2. The second-order valence-corrected chi connectivity index (χ2v) is 10.4. The zero-order valence-electron chi connectivity index (χ0n) is 22.2. The molecule has 3 aromatic rings. The van der Waals surface area contributed by atoms with Gasteiger partial charge < -0.3 is 24.2 Å². The van der Waals surface area contributed by atoms with Gasteiger partial charge in [-0.25, -0.2) is 0 Å². The number of thioether (sulfide) groups is 1. The number of fused-ring (bicyclic) bond motifs is 1. The van der Waals surface area contributed by atoms with Gasteiger partial charge in [-0.2, -0.15) is 0 Å². The normalized spacial score (nSPS) is 19.3. The third-order valence-electron chi connectivity index (χ3n) is 7.61. The van der Waals surface area contributed by atoms with E-state index in [1.807, 2.05) is 59.7 Å². The van der Waals surface area contributed by atoms with Gasteiger partial charge in [-0.05, 0) is 53.8 Å². The average molecular weight is 532 g/mol. The van der Waals surface area contributed by atoms with Gasteiger partial charge in [0, 0.05) is 49.4 Å². The van der Waals surface area contributed by atoms with Gasteiger partial charge in [0.05, 0.1) is 26.2 Å². The van der Waals surface area contributed by atoms with E-state index < -0.39 is 12.0 Å². The van der Waals surface area contributed by atoms with Gasteiger partial charge in [0.25, 0.3) is 5.91 Å². The van der Waals surface area contributed by atoms with Crippen LogP contribution in [0.3, 0.4) is 0 Å². The number of carbonyl (C=O) groups excluding carboxylic acids is 2. The first-order valence-electron chi connectivity index (χ1n) is 12.7. The Morgan fingerprint density at radius 2 is 1.53 bits per heavy atom. The second kappa shape index (κ2) is 11.0. The molecule has 198 valence electrons. The van der Waals surface area contributed by atoms with Crippen LogP contribution in [0.2, 0.25) is 0 Å². The number of benzene rings is 3. The molecule has 0 radical (unpaired) electrons. The first-order valence-corrected chi connectivity index (χ1v) is 13.9. The van der Waals surface area contributed by atoms with Crippen LogP contribution in [0.1, 0.15) is 33.4 Å². The molecule has 38 heavy (non-hydrogen) atoms. The highest BCUT2D eigenvalue weighted by Gasteiger charge is 2.45. The molecular weight excluding hydrogens is 498 g/mol. The fourth-order valence-corrected chi connectivity index (χ4v) is 5.96. The summed E-state index contributed by atoms with van der Waals surface area (Å²) in [5.41, 5.74) is 3.25. The van der Waals surface area contributed by atoms with Crippen LogP contribution >= 0.6 is 11.8 Å². The number of hydrogen-bond acceptors (Lipinski definition) is 6. The van der Waals surface area contributed by atoms with E-state index in [1.54, 1.807) is 44.0 Å². The van der Waals surface area contributed by atoms with Crippen molar-refractivity contribution in [3.8, 4) is 11.5 Å². The highest BCUT2D eigenvalue weighted by Crippen LogP contribution is 2.46. The first kappa shape index (κ1) is 26.0. The van der Waals surface area contributed by atoms with Crippen LogP contribution in [0.25, 0.3) is 0 Å². The average Bonchev–Trinajstić information content (AvgIpc) is 2.98. The molecule has 0 aliphatic carbocycles. The van der Waals surface area contributed by atoms with E-state index in [2.05, 4.69) is 17.0 Å². The second-order valence-electron chi connectivity index (χ2n) is 9.55. The molecule has 2 aliphatic rings. The third kappa shape index (κ3) is 4.69. The zero-order chi connectivity index (χ0) is 26.8. The molecule has 0 saturated carbocycles. The Hall–Kier alpha value is -3.65. The summed E-state index contributed by atoms with van der Waals surface area (Å²) in [5, 5.41) is 0. The molecule has 3 aromatic carbocycles. The summed E-state index contributed by atoms with van der Waals surface area (Å²) in [4.78, 5) is 35.1. The summed E-state index contributed by atoms with van der Waals surface area (Å²) in [5.74, 6) is 0.281. The third-order valence-corrected chi connectivity index (χ3v) is 8.35. The van der Waals surface area contributed by atoms with Gasteiger partial charge in [-0.1, -0.05) is 30.3 Å². The predicted molar refractivity (Wildman–Crippen MR) is 151 cm³/mol. The summed E-state index contributed by atoms with van der Waals surface area (Å²) >= 11 is 1.66. The van der Waals surface area contributed by atoms with Crippen molar-refractivity contribution in [3.63, 3.8) is 0 Å². The van der Waals surface area contributed by atoms with Crippen LogP contribution < -0.4 is 14.4 Å². The number of likely N-dealkylation sites (N-methyl/N-ethyl adjacent to an activating group) is 1. The van der Waals surface area contributed by atoms with Gasteiger partial charge in [0.1, 0.15) is 0 Å². The molecule has 5 rings (SSSR count). The maximum Gasteiger partial charge on any atom is 0.254 e. The van der Waals surface area contributed by atoms with E-state index in [0.29, 0.717) is 35.7 Å². The molecule has 0 N–H and O–H groups in total. The van der Waals surface area contributed by atoms with Crippen molar-refractivity contribution in [2.45, 2.75) is 16.9 Å². The number of piperazine rings is 1. The molecule has 0 aromatic heterocycles. The van der Waals surface area contributed by atoms with Crippen LogP contribution in [0, 0.1) is 0 Å². The molecule has 2 heterocycles. The van der Waals surface area contributed by atoms with Gasteiger partial charge in [-0.15, -0.1) is 11.8 Å². The van der Waals surface area contributed by atoms with Gasteiger partial charge in [0.2, 0.25) is 5.91 Å². The minimum Gasteiger partial charge on any atom is -0.493 e. The lowest BCUT2D eigenvalue weighted by atomic mass is 9.78. The fourth-order valence-electron chi connectivity index (χ4n) is 5.55. The lowest BCUT2D eigenvalue weighted by Gasteiger charge is -2.43. The number of amides is 2. The Labute approximate surface area is 228 Å². The largest absolute Gasteiger partial charge is 0.493 e. The van der Waals surface area contributed by atoms with Crippen LogP contribution in [0.5, 0.6) is 11.5 Å². The van der Waals surface area contributed by atoms with E-state index >= 15 is 0 Å². The smallest absolute Gasteiger partial charge is 0.254 e. The molecule has 7 nitrogen and oxygen atoms in total. The standard InChI is InChI=1S/C30H33N3O4S/c1-31-28(20-10-12-22(38-4)13-11-20)27(23-18-25(36-2)26(37-3)19-24(23)29(31)34)30(35)33-16-14-32(15-17-33)21-8-6-5-7-9-21/h5-13,18-19,27-28H,14-17H2,1-4H3/t27-,28-/m0/s1. The van der Waals surface area contributed by atoms with E-state index in [0.717, 1.165) is 29.2 Å². The molecule has 2 atom stereocenters. The van der Waals surface area contributed by atoms with Crippen molar-refractivity contribution in [1.29, 1.82) is 0 Å². The Morgan fingerprint density at radius 1 is 0.895 bits per heavy atom. The van der Waals surface area contributed by atoms with Crippen LogP contribution in [0.15, 0.2) is 71.6 Å². The molecule has 2 amide bonds. The van der Waals surface area contributed by atoms with E-state index in [-0.39, 0.29) is 11.8 Å². The molecule has 1 saturated heterocycles. The number of ether oxygens (including phenoxy) is 2. The number of carbonyl (C=O) groups is 2. The monoisotopic (exact) mass is 531 g/mol. The van der Waals surface area contributed by atoms with Crippen LogP contribution in [-0.2, 0) is 4.79 Å². The number of para-hydroxylation sites is 1. The van der Waals surface area contributed by atoms with Crippen molar-refractivity contribution < 1.29 is 19.1 Å². The summed E-state index contributed by atoms with van der Waals surface area (Å²) in [7, 11) is 4.90. The topological polar surface area (TPSA) is 62.3 Å². The lowest BCUT2D eigenvalue weighted by Crippen LogP contribution is -2.53. The Morgan fingerprint density at radius 3 is 2.13 bits per heavy atom. The molecule has 2 aliphatic heterocycles. The summed E-state index contributed by atoms with van der Waals surface area (Å²) in [6, 6.07) is 21.5. The highest BCUT2D eigenvalue weighted by molar-refractivity contribution is 7.98. The Balaban J connectivity index is 1.54. The zero-order valence-corrected chi connectivity index (χ0v) is 23.0. The van der Waals surface area contributed by atoms with Crippen molar-refractivity contribution in [1.82, 2.24) is 9.80 Å². The summed E-state index contributed by atoms with van der Waals surface area (Å²) in [6.45, 7) is 2.73. The number of hydrogen-bond donors (Lipinski definition) is 0. The van der Waals surface area contributed by atoms with Crippen molar-refractivity contribution in [2.24, 2.45) is 0 Å². The van der Waals surface area contributed by atoms with Crippen molar-refractivity contribution in [3.05, 3.63) is 83.4 Å². The minimum atomic E-state index is -0.573. The van der Waals surface area contributed by atoms with E-state index in [9.17, 15) is 9.59 Å². The Bertz CT molecular complexity index is 1310. The van der Waals surface area contributed by atoms with E-state index in [4.69, 9.17) is 9.47 Å². The number of nitrogens with zero attached hydrogens (tertiary/aromatic N) is 3. The molecule has 8 heteroatoms. The number of rotatable bonds is 6. The van der Waals surface area contributed by atoms with Crippen LogP contribution in [-0.4, -0.2) is 75.3 Å². The highest BCUT2D eigenvalue weighted by atomic mass is 32.2. The van der Waals surface area contributed by atoms with Crippen LogP contribution in [0.4, 0.5) is 5.69 Å².